The van der Waals surface area contributed by atoms with Crippen molar-refractivity contribution in [1.29, 1.82) is 5.26 Å². The number of piperidine rings is 1. The normalized spacial score (nSPS) is 15.9. The molecule has 9 heteroatoms. The zero-order chi connectivity index (χ0) is 20.4. The zero-order valence-electron chi connectivity index (χ0n) is 15.3. The summed E-state index contributed by atoms with van der Waals surface area (Å²) in [6, 6.07) is 13.8. The van der Waals surface area contributed by atoms with E-state index in [9.17, 15) is 12.8 Å². The Balaban J connectivity index is 1.45. The largest absolute Gasteiger partial charge is 0.334 e. The molecule has 0 saturated carbocycles. The summed E-state index contributed by atoms with van der Waals surface area (Å²) in [5, 5.41) is 12.9. The van der Waals surface area contributed by atoms with Crippen molar-refractivity contribution < 1.29 is 17.3 Å². The van der Waals surface area contributed by atoms with Crippen molar-refractivity contribution in [2.45, 2.75) is 23.7 Å². The molecule has 1 saturated heterocycles. The van der Waals surface area contributed by atoms with Gasteiger partial charge in [0.05, 0.1) is 16.5 Å². The minimum Gasteiger partial charge on any atom is -0.334 e. The second-order valence-electron chi connectivity index (χ2n) is 6.78. The second-order valence-corrected chi connectivity index (χ2v) is 8.72. The van der Waals surface area contributed by atoms with Gasteiger partial charge in [-0.05, 0) is 55.3 Å². The van der Waals surface area contributed by atoms with Crippen molar-refractivity contribution >= 4 is 10.0 Å². The van der Waals surface area contributed by atoms with E-state index < -0.39 is 10.0 Å². The molecular weight excluding hydrogens is 395 g/mol. The Morgan fingerprint density at radius 1 is 1.14 bits per heavy atom. The lowest BCUT2D eigenvalue weighted by Crippen LogP contribution is -2.38. The van der Waals surface area contributed by atoms with Gasteiger partial charge >= 0.3 is 0 Å². The van der Waals surface area contributed by atoms with Crippen LogP contribution in [-0.4, -0.2) is 36.0 Å². The van der Waals surface area contributed by atoms with E-state index in [-0.39, 0.29) is 22.5 Å². The number of hydrogen-bond acceptors (Lipinski definition) is 6. The molecule has 0 spiro atoms. The van der Waals surface area contributed by atoms with Crippen LogP contribution in [-0.2, 0) is 10.0 Å². The van der Waals surface area contributed by atoms with Gasteiger partial charge in [0, 0.05) is 24.6 Å². The highest BCUT2D eigenvalue weighted by molar-refractivity contribution is 7.89. The molecule has 0 N–H and O–H groups in total. The van der Waals surface area contributed by atoms with E-state index in [1.54, 1.807) is 12.1 Å². The van der Waals surface area contributed by atoms with Gasteiger partial charge in [-0.25, -0.2) is 12.8 Å². The SMILES string of the molecule is N#Cc1ccc(S(=O)(=O)N2CCC(c3noc(-c4cccc(F)c4)n3)CC2)cc1. The van der Waals surface area contributed by atoms with Crippen LogP contribution in [0.15, 0.2) is 57.9 Å². The van der Waals surface area contributed by atoms with Gasteiger partial charge in [-0.3, -0.25) is 0 Å². The van der Waals surface area contributed by atoms with Crippen molar-refractivity contribution in [3.05, 3.63) is 65.7 Å². The van der Waals surface area contributed by atoms with E-state index in [2.05, 4.69) is 10.1 Å². The van der Waals surface area contributed by atoms with Gasteiger partial charge in [0.1, 0.15) is 5.82 Å². The topological polar surface area (TPSA) is 100 Å². The number of halogens is 1. The summed E-state index contributed by atoms with van der Waals surface area (Å²) in [6.45, 7) is 0.660. The highest BCUT2D eigenvalue weighted by Gasteiger charge is 2.31. The Bertz CT molecular complexity index is 1160. The number of benzene rings is 2. The van der Waals surface area contributed by atoms with Crippen molar-refractivity contribution in [1.82, 2.24) is 14.4 Å². The van der Waals surface area contributed by atoms with Crippen LogP contribution in [0.25, 0.3) is 11.5 Å². The molecule has 2 heterocycles. The summed E-state index contributed by atoms with van der Waals surface area (Å²) in [6.07, 6.45) is 1.11. The minimum atomic E-state index is -3.62. The maximum Gasteiger partial charge on any atom is 0.258 e. The molecule has 148 valence electrons. The summed E-state index contributed by atoms with van der Waals surface area (Å²) < 4.78 is 45.7. The van der Waals surface area contributed by atoms with Crippen LogP contribution in [0.3, 0.4) is 0 Å². The molecule has 1 aromatic heterocycles. The van der Waals surface area contributed by atoms with Gasteiger partial charge in [-0.15, -0.1) is 0 Å². The molecule has 0 radical (unpaired) electrons. The summed E-state index contributed by atoms with van der Waals surface area (Å²) in [5.41, 5.74) is 0.915. The molecule has 1 aliphatic rings. The highest BCUT2D eigenvalue weighted by Crippen LogP contribution is 2.30. The summed E-state index contributed by atoms with van der Waals surface area (Å²) in [7, 11) is -3.62. The third-order valence-corrected chi connectivity index (χ3v) is 6.87. The fourth-order valence-corrected chi connectivity index (χ4v) is 4.81. The van der Waals surface area contributed by atoms with Gasteiger partial charge < -0.3 is 4.52 Å². The molecule has 0 unspecified atom stereocenters. The summed E-state index contributed by atoms with van der Waals surface area (Å²) in [5.74, 6) is 0.323. The summed E-state index contributed by atoms with van der Waals surface area (Å²) >= 11 is 0. The number of sulfonamides is 1. The maximum atomic E-state index is 13.4. The van der Waals surface area contributed by atoms with Crippen molar-refractivity contribution in [2.75, 3.05) is 13.1 Å². The average Bonchev–Trinajstić information content (AvgIpc) is 3.24. The first-order valence-electron chi connectivity index (χ1n) is 9.07. The molecule has 3 aromatic rings. The Morgan fingerprint density at radius 2 is 1.86 bits per heavy atom. The molecule has 4 rings (SSSR count). The third-order valence-electron chi connectivity index (χ3n) is 4.95. The molecule has 0 aliphatic carbocycles. The van der Waals surface area contributed by atoms with Crippen LogP contribution in [0.5, 0.6) is 0 Å². The van der Waals surface area contributed by atoms with Gasteiger partial charge in [-0.2, -0.15) is 14.6 Å². The second kappa shape index (κ2) is 7.73. The number of nitrogens with zero attached hydrogens (tertiary/aromatic N) is 4. The number of hydrogen-bond donors (Lipinski definition) is 0. The Hall–Kier alpha value is -3.09. The molecule has 2 aromatic carbocycles. The van der Waals surface area contributed by atoms with Crippen molar-refractivity contribution in [2.24, 2.45) is 0 Å². The number of nitriles is 1. The molecule has 1 aliphatic heterocycles. The van der Waals surface area contributed by atoms with Crippen molar-refractivity contribution in [3.8, 4) is 17.5 Å². The quantitative estimate of drug-likeness (QED) is 0.652. The van der Waals surface area contributed by atoms with E-state index in [1.165, 1.54) is 40.7 Å². The standard InChI is InChI=1S/C20H17FN4O3S/c21-17-3-1-2-16(12-17)20-23-19(24-28-20)15-8-10-25(11-9-15)29(26,27)18-6-4-14(13-22)5-7-18/h1-7,12,15H,8-11H2. The number of aromatic nitrogens is 2. The van der Waals surface area contributed by atoms with Crippen LogP contribution in [0.2, 0.25) is 0 Å². The third kappa shape index (κ3) is 3.90. The monoisotopic (exact) mass is 412 g/mol. The van der Waals surface area contributed by atoms with Crippen LogP contribution < -0.4 is 0 Å². The van der Waals surface area contributed by atoms with Gasteiger partial charge in [0.2, 0.25) is 10.0 Å². The molecule has 0 bridgehead atoms. The fraction of sp³-hybridized carbons (Fsp3) is 0.250. The van der Waals surface area contributed by atoms with Gasteiger partial charge in [0.15, 0.2) is 5.82 Å². The Morgan fingerprint density at radius 3 is 2.52 bits per heavy atom. The Labute approximate surface area is 167 Å². The maximum absolute atomic E-state index is 13.4. The predicted octanol–water partition coefficient (Wildman–Crippen LogP) is 3.32. The van der Waals surface area contributed by atoms with E-state index in [1.807, 2.05) is 6.07 Å². The lowest BCUT2D eigenvalue weighted by molar-refractivity contribution is 0.307. The molecule has 29 heavy (non-hydrogen) atoms. The summed E-state index contributed by atoms with van der Waals surface area (Å²) in [4.78, 5) is 4.54. The fourth-order valence-electron chi connectivity index (χ4n) is 3.34. The van der Waals surface area contributed by atoms with E-state index >= 15 is 0 Å². The molecular formula is C20H17FN4O3S. The first kappa shape index (κ1) is 19.2. The average molecular weight is 412 g/mol. The van der Waals surface area contributed by atoms with Crippen LogP contribution in [0.4, 0.5) is 4.39 Å². The van der Waals surface area contributed by atoms with Gasteiger partial charge in [0.25, 0.3) is 5.89 Å². The minimum absolute atomic E-state index is 0.0338. The Kier molecular flexibility index (Phi) is 5.13. The lowest BCUT2D eigenvalue weighted by Gasteiger charge is -2.29. The predicted molar refractivity (Wildman–Crippen MR) is 102 cm³/mol. The molecule has 1 fully saturated rings. The zero-order valence-corrected chi connectivity index (χ0v) is 16.1. The van der Waals surface area contributed by atoms with E-state index in [0.717, 1.165) is 0 Å². The van der Waals surface area contributed by atoms with E-state index in [0.29, 0.717) is 42.9 Å². The molecule has 0 amide bonds. The van der Waals surface area contributed by atoms with E-state index in [4.69, 9.17) is 9.78 Å². The first-order valence-corrected chi connectivity index (χ1v) is 10.5. The molecule has 7 nitrogen and oxygen atoms in total. The number of rotatable bonds is 4. The lowest BCUT2D eigenvalue weighted by atomic mass is 9.97. The van der Waals surface area contributed by atoms with Crippen LogP contribution in [0, 0.1) is 17.1 Å². The highest BCUT2D eigenvalue weighted by atomic mass is 32.2. The van der Waals surface area contributed by atoms with Crippen molar-refractivity contribution in [3.63, 3.8) is 0 Å². The van der Waals surface area contributed by atoms with Crippen LogP contribution >= 0.6 is 0 Å². The smallest absolute Gasteiger partial charge is 0.258 e. The first-order chi connectivity index (χ1) is 14.0. The van der Waals surface area contributed by atoms with Crippen LogP contribution in [0.1, 0.15) is 30.1 Å². The molecule has 0 atom stereocenters. The van der Waals surface area contributed by atoms with Gasteiger partial charge in [-0.1, -0.05) is 11.2 Å².